The zero-order valence-electron chi connectivity index (χ0n) is 11.4. The van der Waals surface area contributed by atoms with Crippen molar-refractivity contribution in [1.82, 2.24) is 16.0 Å². The molecule has 0 saturated carbocycles. The van der Waals surface area contributed by atoms with Gasteiger partial charge < -0.3 is 0 Å². The molecule has 0 radical (unpaired) electrons. The van der Waals surface area contributed by atoms with E-state index in [0.717, 1.165) is 11.4 Å². The molecule has 2 atom stereocenters. The molecule has 0 aliphatic heterocycles. The molecule has 0 aromatic heterocycles. The van der Waals surface area contributed by atoms with Gasteiger partial charge in [0.25, 0.3) is 18.1 Å². The average molecular weight is 359 g/mol. The van der Waals surface area contributed by atoms with Crippen molar-refractivity contribution in [2.24, 2.45) is 5.73 Å². The summed E-state index contributed by atoms with van der Waals surface area (Å²) in [5.41, 5.74) is 5.05. The minimum Gasteiger partial charge on any atom is -0.291 e. The van der Waals surface area contributed by atoms with Crippen molar-refractivity contribution in [3.8, 4) is 6.07 Å². The smallest absolute Gasteiger partial charge is 0.291 e. The van der Waals surface area contributed by atoms with Crippen LogP contribution in [0.4, 0.5) is 35.1 Å². The highest BCUT2D eigenvalue weighted by Crippen LogP contribution is 2.32. The van der Waals surface area contributed by atoms with E-state index in [1.54, 1.807) is 0 Å². The van der Waals surface area contributed by atoms with E-state index in [0.29, 0.717) is 7.05 Å². The number of nitrogens with two attached hydrogens (primary N) is 1. The van der Waals surface area contributed by atoms with Gasteiger partial charge in [-0.1, -0.05) is 0 Å². The van der Waals surface area contributed by atoms with Gasteiger partial charge in [0.15, 0.2) is 0 Å². The molecular formula is C9H13F8N5O. The minimum atomic E-state index is -5.53. The predicted molar refractivity (Wildman–Crippen MR) is 59.5 cm³/mol. The summed E-state index contributed by atoms with van der Waals surface area (Å²) in [5, 5.41) is 12.6. The Labute approximate surface area is 124 Å². The topological polar surface area (TPSA) is 95.1 Å². The van der Waals surface area contributed by atoms with Gasteiger partial charge in [0.2, 0.25) is 0 Å². The lowest BCUT2D eigenvalue weighted by atomic mass is 10.3. The third-order valence-corrected chi connectivity index (χ3v) is 2.29. The fraction of sp³-hybridized carbons (Fsp3) is 0.889. The molecule has 14 heteroatoms. The Morgan fingerprint density at radius 1 is 1.13 bits per heavy atom. The number of rotatable bonds is 8. The van der Waals surface area contributed by atoms with Crippen molar-refractivity contribution in [1.29, 1.82) is 5.26 Å². The molecule has 0 fully saturated rings. The Kier molecular flexibility index (Phi) is 7.12. The lowest BCUT2D eigenvalue weighted by molar-refractivity contribution is -0.333. The highest BCUT2D eigenvalue weighted by Gasteiger charge is 2.60. The van der Waals surface area contributed by atoms with E-state index in [9.17, 15) is 35.1 Å². The van der Waals surface area contributed by atoms with Gasteiger partial charge in [0.05, 0.1) is 13.1 Å². The number of hydrogen-bond acceptors (Lipinski definition) is 6. The summed E-state index contributed by atoms with van der Waals surface area (Å²) in [5.74, 6) is -7.06. The van der Waals surface area contributed by atoms with Crippen molar-refractivity contribution in [2.75, 3.05) is 20.1 Å². The molecule has 0 bridgehead atoms. The second-order valence-electron chi connectivity index (χ2n) is 4.12. The summed E-state index contributed by atoms with van der Waals surface area (Å²) in [7, 11) is 0.571. The maximum Gasteiger partial charge on any atom is 0.446 e. The van der Waals surface area contributed by atoms with E-state index in [1.165, 1.54) is 10.6 Å². The Hall–Kier alpha value is -1.27. The van der Waals surface area contributed by atoms with Crippen molar-refractivity contribution in [3.63, 3.8) is 0 Å². The Bertz CT molecular complexity index is 422. The molecule has 0 heterocycles. The molecule has 136 valence electrons. The molecule has 0 saturated heterocycles. The third-order valence-electron chi connectivity index (χ3n) is 2.29. The highest BCUT2D eigenvalue weighted by molar-refractivity contribution is 4.99. The number of alkyl halides is 8. The van der Waals surface area contributed by atoms with Crippen molar-refractivity contribution < 1.29 is 39.9 Å². The van der Waals surface area contributed by atoms with Crippen LogP contribution in [0.5, 0.6) is 0 Å². The van der Waals surface area contributed by atoms with Gasteiger partial charge in [-0.15, -0.1) is 0 Å². The van der Waals surface area contributed by atoms with E-state index >= 15 is 0 Å². The fourth-order valence-corrected chi connectivity index (χ4v) is 1.27. The number of nitriles is 1. The summed E-state index contributed by atoms with van der Waals surface area (Å²) < 4.78 is 104. The van der Waals surface area contributed by atoms with Crippen LogP contribution in [0.1, 0.15) is 0 Å². The third kappa shape index (κ3) is 6.79. The molecular weight excluding hydrogens is 346 g/mol. The molecule has 5 N–H and O–H groups in total. The predicted octanol–water partition coefficient (Wildman–Crippen LogP) is 0.581. The molecule has 2 unspecified atom stereocenters. The molecule has 0 aromatic rings. The molecule has 0 rings (SSSR count). The molecule has 0 aliphatic carbocycles. The Morgan fingerprint density at radius 3 is 1.96 bits per heavy atom. The zero-order chi connectivity index (χ0) is 18.5. The first kappa shape index (κ1) is 21.7. The molecule has 0 spiro atoms. The molecule has 23 heavy (non-hydrogen) atoms. The van der Waals surface area contributed by atoms with Crippen LogP contribution < -0.4 is 21.7 Å². The SMILES string of the molecule is CNC(NCC(F)(F)F)(OC(N)(C#N)NCC(F)F)C(F)(F)F. The van der Waals surface area contributed by atoms with Crippen LogP contribution in [0.2, 0.25) is 0 Å². The van der Waals surface area contributed by atoms with E-state index in [1.807, 2.05) is 0 Å². The van der Waals surface area contributed by atoms with Crippen LogP contribution in [0, 0.1) is 11.3 Å². The maximum atomic E-state index is 13.1. The largest absolute Gasteiger partial charge is 0.446 e. The number of ether oxygens (including phenoxy) is 1. The van der Waals surface area contributed by atoms with Crippen molar-refractivity contribution >= 4 is 0 Å². The van der Waals surface area contributed by atoms with Gasteiger partial charge in [-0.2, -0.15) is 31.6 Å². The van der Waals surface area contributed by atoms with E-state index in [-0.39, 0.29) is 0 Å². The van der Waals surface area contributed by atoms with Gasteiger partial charge in [-0.3, -0.25) is 26.4 Å². The Morgan fingerprint density at radius 2 is 1.65 bits per heavy atom. The van der Waals surface area contributed by atoms with Crippen LogP contribution in [-0.4, -0.2) is 50.6 Å². The van der Waals surface area contributed by atoms with Crippen LogP contribution in [0.15, 0.2) is 0 Å². The number of halogens is 8. The average Bonchev–Trinajstić information content (AvgIpc) is 2.39. The van der Waals surface area contributed by atoms with Crippen LogP contribution in [0.3, 0.4) is 0 Å². The van der Waals surface area contributed by atoms with Gasteiger partial charge in [-0.05, 0) is 7.05 Å². The molecule has 6 nitrogen and oxygen atoms in total. The van der Waals surface area contributed by atoms with Gasteiger partial charge in [0, 0.05) is 0 Å². The van der Waals surface area contributed by atoms with Crippen LogP contribution in [-0.2, 0) is 4.74 Å². The van der Waals surface area contributed by atoms with Gasteiger partial charge in [-0.25, -0.2) is 8.78 Å². The normalized spacial score (nSPS) is 18.3. The van der Waals surface area contributed by atoms with E-state index in [4.69, 9.17) is 11.0 Å². The molecule has 0 aliphatic rings. The standard InChI is InChI=1S/C9H13F8N5O/c1-20-9(8(15,16)17,22-4-6(12,13)14)23-7(19,3-18)21-2-5(10)11/h5,20-22H,2,4,19H2,1H3. The number of nitrogens with one attached hydrogen (secondary N) is 3. The summed E-state index contributed by atoms with van der Waals surface area (Å²) >= 11 is 0. The summed E-state index contributed by atoms with van der Waals surface area (Å²) in [6, 6.07) is 0.942. The van der Waals surface area contributed by atoms with Crippen molar-refractivity contribution in [2.45, 2.75) is 30.5 Å². The fourth-order valence-electron chi connectivity index (χ4n) is 1.27. The minimum absolute atomic E-state index is 0.571. The summed E-state index contributed by atoms with van der Waals surface area (Å²) in [6.07, 6.45) is -13.7. The highest BCUT2D eigenvalue weighted by atomic mass is 19.4. The van der Waals surface area contributed by atoms with Gasteiger partial charge in [0.1, 0.15) is 6.07 Å². The zero-order valence-corrected chi connectivity index (χ0v) is 11.4. The summed E-state index contributed by atoms with van der Waals surface area (Å²) in [4.78, 5) is 0. The van der Waals surface area contributed by atoms with Crippen LogP contribution >= 0.6 is 0 Å². The lowest BCUT2D eigenvalue weighted by Crippen LogP contribution is -2.74. The first-order valence-corrected chi connectivity index (χ1v) is 5.71. The van der Waals surface area contributed by atoms with E-state index < -0.39 is 43.6 Å². The molecule has 0 aromatic carbocycles. The maximum absolute atomic E-state index is 13.1. The Balaban J connectivity index is 5.47. The van der Waals surface area contributed by atoms with Gasteiger partial charge >= 0.3 is 12.4 Å². The first-order valence-electron chi connectivity index (χ1n) is 5.71. The second kappa shape index (κ2) is 7.53. The monoisotopic (exact) mass is 359 g/mol. The first-order chi connectivity index (χ1) is 10.2. The van der Waals surface area contributed by atoms with Crippen LogP contribution in [0.25, 0.3) is 0 Å². The molecule has 0 amide bonds. The number of nitrogens with zero attached hydrogens (tertiary/aromatic N) is 1. The second-order valence-corrected chi connectivity index (χ2v) is 4.12. The summed E-state index contributed by atoms with van der Waals surface area (Å²) in [6.45, 7) is -3.50. The van der Waals surface area contributed by atoms with E-state index in [2.05, 4.69) is 4.74 Å². The lowest BCUT2D eigenvalue weighted by Gasteiger charge is -2.40. The number of hydrogen-bond donors (Lipinski definition) is 4. The van der Waals surface area contributed by atoms with Crippen molar-refractivity contribution in [3.05, 3.63) is 0 Å². The quantitative estimate of drug-likeness (QED) is 0.374.